The number of nitrogens with zero attached hydrogens (tertiary/aromatic N) is 1. The quantitative estimate of drug-likeness (QED) is 0.679. The molecule has 0 aromatic heterocycles. The van der Waals surface area contributed by atoms with Gasteiger partial charge in [0.2, 0.25) is 0 Å². The first-order chi connectivity index (χ1) is 10.5. The van der Waals surface area contributed by atoms with Crippen molar-refractivity contribution in [2.75, 3.05) is 14.1 Å². The average molecular weight is 315 g/mol. The third-order valence-electron chi connectivity index (χ3n) is 3.13. The molecule has 0 aliphatic rings. The van der Waals surface area contributed by atoms with Crippen molar-refractivity contribution in [1.29, 1.82) is 0 Å². The normalized spacial score (nSPS) is 11.2. The van der Waals surface area contributed by atoms with Gasteiger partial charge in [-0.15, -0.1) is 11.8 Å². The highest BCUT2D eigenvalue weighted by Gasteiger charge is 2.09. The first-order valence-corrected chi connectivity index (χ1v) is 8.64. The molecular weight excluding hydrogens is 290 g/mol. The molecule has 0 atom stereocenters. The molecule has 2 aromatic carbocycles. The minimum atomic E-state index is 0.198. The summed E-state index contributed by atoms with van der Waals surface area (Å²) in [7, 11) is 4.17. The van der Waals surface area contributed by atoms with Gasteiger partial charge in [0.1, 0.15) is 5.75 Å². The molecule has 0 unspecified atom stereocenters. The van der Waals surface area contributed by atoms with Crippen LogP contribution in [0.25, 0.3) is 0 Å². The fraction of sp³-hybridized carbons (Fsp3) is 0.368. The Hall–Kier alpha value is -1.45. The molecule has 0 bridgehead atoms. The van der Waals surface area contributed by atoms with E-state index in [1.54, 1.807) is 0 Å². The topological polar surface area (TPSA) is 12.5 Å². The summed E-state index contributed by atoms with van der Waals surface area (Å²) >= 11 is 1.87. The van der Waals surface area contributed by atoms with E-state index in [1.165, 1.54) is 16.0 Å². The van der Waals surface area contributed by atoms with E-state index in [9.17, 15) is 0 Å². The summed E-state index contributed by atoms with van der Waals surface area (Å²) in [5.41, 5.74) is 2.60. The van der Waals surface area contributed by atoms with Crippen molar-refractivity contribution in [2.24, 2.45) is 0 Å². The molecule has 0 amide bonds. The van der Waals surface area contributed by atoms with Gasteiger partial charge in [-0.1, -0.05) is 30.3 Å². The fourth-order valence-electron chi connectivity index (χ4n) is 2.22. The van der Waals surface area contributed by atoms with Crippen LogP contribution in [-0.4, -0.2) is 25.1 Å². The molecule has 2 nitrogen and oxygen atoms in total. The van der Waals surface area contributed by atoms with Crippen LogP contribution < -0.4 is 4.74 Å². The summed E-state index contributed by atoms with van der Waals surface area (Å²) < 4.78 is 5.93. The number of rotatable bonds is 7. The number of hydrogen-bond donors (Lipinski definition) is 0. The van der Waals surface area contributed by atoms with E-state index >= 15 is 0 Å². The van der Waals surface area contributed by atoms with Crippen LogP contribution in [-0.2, 0) is 12.3 Å². The van der Waals surface area contributed by atoms with Crippen molar-refractivity contribution in [2.45, 2.75) is 37.1 Å². The minimum Gasteiger partial charge on any atom is -0.491 e. The molecule has 0 heterocycles. The van der Waals surface area contributed by atoms with Gasteiger partial charge in [0.15, 0.2) is 0 Å². The predicted molar refractivity (Wildman–Crippen MR) is 95.6 cm³/mol. The van der Waals surface area contributed by atoms with Gasteiger partial charge in [-0.3, -0.25) is 0 Å². The van der Waals surface area contributed by atoms with Crippen molar-refractivity contribution in [3.63, 3.8) is 0 Å². The Bertz CT molecular complexity index is 581. The predicted octanol–water partition coefficient (Wildman–Crippen LogP) is 4.83. The summed E-state index contributed by atoms with van der Waals surface area (Å²) in [5, 5.41) is 0. The van der Waals surface area contributed by atoms with Gasteiger partial charge < -0.3 is 9.64 Å². The van der Waals surface area contributed by atoms with Crippen molar-refractivity contribution < 1.29 is 4.74 Å². The van der Waals surface area contributed by atoms with Gasteiger partial charge in [0.25, 0.3) is 0 Å². The molecule has 2 aromatic rings. The van der Waals surface area contributed by atoms with Gasteiger partial charge >= 0.3 is 0 Å². The Morgan fingerprint density at radius 3 is 2.41 bits per heavy atom. The fourth-order valence-corrected chi connectivity index (χ4v) is 3.14. The average Bonchev–Trinajstić information content (AvgIpc) is 2.47. The van der Waals surface area contributed by atoms with Gasteiger partial charge in [0, 0.05) is 22.8 Å². The second-order valence-electron chi connectivity index (χ2n) is 5.95. The molecular formula is C19H25NOS. The van der Waals surface area contributed by atoms with Crippen molar-refractivity contribution in [3.05, 3.63) is 59.7 Å². The lowest BCUT2D eigenvalue weighted by Gasteiger charge is -2.18. The third-order valence-corrected chi connectivity index (χ3v) is 4.19. The zero-order valence-corrected chi connectivity index (χ0v) is 14.7. The molecule has 0 spiro atoms. The van der Waals surface area contributed by atoms with Gasteiger partial charge in [0.05, 0.1) is 6.10 Å². The first-order valence-electron chi connectivity index (χ1n) is 7.65. The van der Waals surface area contributed by atoms with Crippen LogP contribution in [0.2, 0.25) is 0 Å². The lowest BCUT2D eigenvalue weighted by atomic mass is 10.2. The number of thioether (sulfide) groups is 1. The molecule has 0 fully saturated rings. The zero-order chi connectivity index (χ0) is 15.9. The van der Waals surface area contributed by atoms with E-state index < -0.39 is 0 Å². The van der Waals surface area contributed by atoms with E-state index in [0.29, 0.717) is 0 Å². The monoisotopic (exact) mass is 315 g/mol. The van der Waals surface area contributed by atoms with Crippen LogP contribution >= 0.6 is 11.8 Å². The maximum Gasteiger partial charge on any atom is 0.124 e. The molecule has 3 heteroatoms. The number of benzene rings is 2. The maximum absolute atomic E-state index is 5.93. The lowest BCUT2D eigenvalue weighted by molar-refractivity contribution is 0.236. The highest BCUT2D eigenvalue weighted by atomic mass is 32.2. The summed E-state index contributed by atoms with van der Waals surface area (Å²) in [6, 6.07) is 17.1. The highest BCUT2D eigenvalue weighted by Crippen LogP contribution is 2.29. The summed E-state index contributed by atoms with van der Waals surface area (Å²) in [5.74, 6) is 1.99. The third kappa shape index (κ3) is 5.39. The Morgan fingerprint density at radius 1 is 1.05 bits per heavy atom. The van der Waals surface area contributed by atoms with Gasteiger partial charge in [-0.05, 0) is 51.7 Å². The molecule has 0 N–H and O–H groups in total. The molecule has 0 saturated carbocycles. The Kier molecular flexibility index (Phi) is 6.34. The second kappa shape index (κ2) is 8.25. The first kappa shape index (κ1) is 16.9. The largest absolute Gasteiger partial charge is 0.491 e. The Labute approximate surface area is 138 Å². The molecule has 0 radical (unpaired) electrons. The summed E-state index contributed by atoms with van der Waals surface area (Å²) in [6.45, 7) is 5.02. The maximum atomic E-state index is 5.93. The van der Waals surface area contributed by atoms with Crippen molar-refractivity contribution >= 4 is 11.8 Å². The minimum absolute atomic E-state index is 0.198. The molecule has 0 aliphatic carbocycles. The van der Waals surface area contributed by atoms with E-state index in [0.717, 1.165) is 18.0 Å². The van der Waals surface area contributed by atoms with E-state index in [4.69, 9.17) is 4.74 Å². The van der Waals surface area contributed by atoms with Crippen molar-refractivity contribution in [1.82, 2.24) is 4.90 Å². The highest BCUT2D eigenvalue weighted by molar-refractivity contribution is 7.98. The van der Waals surface area contributed by atoms with E-state index in [2.05, 4.69) is 81.4 Å². The second-order valence-corrected chi connectivity index (χ2v) is 7.00. The molecule has 0 aliphatic heterocycles. The van der Waals surface area contributed by atoms with Crippen molar-refractivity contribution in [3.8, 4) is 5.75 Å². The van der Waals surface area contributed by atoms with Gasteiger partial charge in [-0.25, -0.2) is 0 Å². The smallest absolute Gasteiger partial charge is 0.124 e. The van der Waals surface area contributed by atoms with Crippen LogP contribution in [0.15, 0.2) is 53.4 Å². The summed E-state index contributed by atoms with van der Waals surface area (Å²) in [4.78, 5) is 3.46. The lowest BCUT2D eigenvalue weighted by Crippen LogP contribution is -2.14. The van der Waals surface area contributed by atoms with E-state index in [1.807, 2.05) is 11.8 Å². The van der Waals surface area contributed by atoms with Crippen LogP contribution in [0.5, 0.6) is 5.75 Å². The van der Waals surface area contributed by atoms with Crippen LogP contribution in [0.1, 0.15) is 25.0 Å². The SMILES string of the molecule is CC(C)Oc1ccc(SCc2ccccc2)cc1CN(C)C. The Morgan fingerprint density at radius 2 is 1.77 bits per heavy atom. The number of hydrogen-bond acceptors (Lipinski definition) is 3. The zero-order valence-electron chi connectivity index (χ0n) is 13.9. The van der Waals surface area contributed by atoms with Crippen LogP contribution in [0.4, 0.5) is 0 Å². The molecule has 118 valence electrons. The molecule has 22 heavy (non-hydrogen) atoms. The van der Waals surface area contributed by atoms with Crippen LogP contribution in [0.3, 0.4) is 0 Å². The summed E-state index contributed by atoms with van der Waals surface area (Å²) in [6.07, 6.45) is 0.198. The van der Waals surface area contributed by atoms with Gasteiger partial charge in [-0.2, -0.15) is 0 Å². The standard InChI is InChI=1S/C19H25NOS/c1-15(2)21-19-11-10-18(12-17(19)13-20(3)4)22-14-16-8-6-5-7-9-16/h5-12,15H,13-14H2,1-4H3. The molecule has 0 saturated heterocycles. The Balaban J connectivity index is 2.11. The van der Waals surface area contributed by atoms with Crippen LogP contribution in [0, 0.1) is 0 Å². The van der Waals surface area contributed by atoms with E-state index in [-0.39, 0.29) is 6.10 Å². The number of ether oxygens (including phenoxy) is 1. The molecule has 2 rings (SSSR count).